The number of carboxylic acids is 1. The Labute approximate surface area is 117 Å². The van der Waals surface area contributed by atoms with Crippen LogP contribution in [0.5, 0.6) is 0 Å². The molecule has 2 rings (SSSR count). The summed E-state index contributed by atoms with van der Waals surface area (Å²) in [6, 6.07) is 7.69. The van der Waals surface area contributed by atoms with Crippen LogP contribution in [0.1, 0.15) is 17.5 Å². The third-order valence-electron chi connectivity index (χ3n) is 3.14. The van der Waals surface area contributed by atoms with Crippen LogP contribution in [0, 0.1) is 0 Å². The predicted molar refractivity (Wildman–Crippen MR) is 76.0 cm³/mol. The summed E-state index contributed by atoms with van der Waals surface area (Å²) in [5.41, 5.74) is 1.97. The lowest BCUT2D eigenvalue weighted by atomic mass is 10.1. The smallest absolute Gasteiger partial charge is 0.328 e. The molecule has 0 bridgehead atoms. The van der Waals surface area contributed by atoms with Gasteiger partial charge in [-0.15, -0.1) is 0 Å². The molecule has 20 heavy (non-hydrogen) atoms. The van der Waals surface area contributed by atoms with Crippen LogP contribution >= 0.6 is 0 Å². The maximum Gasteiger partial charge on any atom is 0.328 e. The number of carbonyl (C=O) groups excluding carboxylic acids is 1. The van der Waals surface area contributed by atoms with Gasteiger partial charge in [0.15, 0.2) is 0 Å². The molecule has 1 aromatic rings. The minimum Gasteiger partial charge on any atom is -0.478 e. The summed E-state index contributed by atoms with van der Waals surface area (Å²) in [6.07, 6.45) is 3.64. The third-order valence-corrected chi connectivity index (χ3v) is 3.14. The van der Waals surface area contributed by atoms with Crippen molar-refractivity contribution >= 4 is 18.0 Å². The van der Waals surface area contributed by atoms with Crippen molar-refractivity contribution in [3.8, 4) is 0 Å². The average molecular weight is 274 g/mol. The Morgan fingerprint density at radius 3 is 2.80 bits per heavy atom. The van der Waals surface area contributed by atoms with Gasteiger partial charge in [0.2, 0.25) is 5.91 Å². The van der Waals surface area contributed by atoms with Crippen molar-refractivity contribution in [2.45, 2.75) is 13.0 Å². The first-order valence-corrected chi connectivity index (χ1v) is 6.62. The molecule has 0 spiro atoms. The number of hydrogen-bond acceptors (Lipinski definition) is 3. The van der Waals surface area contributed by atoms with Gasteiger partial charge < -0.3 is 10.4 Å². The van der Waals surface area contributed by atoms with Gasteiger partial charge in [0.05, 0.1) is 6.54 Å². The fraction of sp³-hybridized carbons (Fsp3) is 0.333. The van der Waals surface area contributed by atoms with E-state index < -0.39 is 5.97 Å². The summed E-state index contributed by atoms with van der Waals surface area (Å²) >= 11 is 0. The van der Waals surface area contributed by atoms with E-state index >= 15 is 0 Å². The maximum absolute atomic E-state index is 11.5. The molecule has 0 saturated carbocycles. The molecule has 1 fully saturated rings. The molecule has 0 atom stereocenters. The van der Waals surface area contributed by atoms with Crippen molar-refractivity contribution in [3.63, 3.8) is 0 Å². The fourth-order valence-electron chi connectivity index (χ4n) is 2.16. The molecule has 1 aromatic carbocycles. The lowest BCUT2D eigenvalue weighted by Gasteiger charge is -2.18. The summed E-state index contributed by atoms with van der Waals surface area (Å²) in [6.45, 7) is 2.81. The van der Waals surface area contributed by atoms with Crippen LogP contribution in [-0.2, 0) is 16.1 Å². The Hall–Kier alpha value is -2.14. The van der Waals surface area contributed by atoms with E-state index in [4.69, 9.17) is 5.11 Å². The number of hydrogen-bond donors (Lipinski definition) is 2. The van der Waals surface area contributed by atoms with E-state index in [2.05, 4.69) is 10.2 Å². The van der Waals surface area contributed by atoms with Gasteiger partial charge in [-0.25, -0.2) is 4.79 Å². The van der Waals surface area contributed by atoms with E-state index in [-0.39, 0.29) is 5.91 Å². The fourth-order valence-corrected chi connectivity index (χ4v) is 2.16. The Bertz CT molecular complexity index is 508. The van der Waals surface area contributed by atoms with Crippen LogP contribution in [0.15, 0.2) is 30.3 Å². The summed E-state index contributed by atoms with van der Waals surface area (Å²) in [5.74, 6) is -0.881. The molecule has 1 aliphatic rings. The molecule has 5 heteroatoms. The van der Waals surface area contributed by atoms with Gasteiger partial charge in [-0.3, -0.25) is 9.69 Å². The predicted octanol–water partition coefficient (Wildman–Crippen LogP) is 1.11. The Balaban J connectivity index is 1.96. The molecule has 0 unspecified atom stereocenters. The number of rotatable bonds is 4. The highest BCUT2D eigenvalue weighted by Gasteiger charge is 2.14. The zero-order valence-electron chi connectivity index (χ0n) is 11.2. The maximum atomic E-state index is 11.5. The molecule has 1 amide bonds. The van der Waals surface area contributed by atoms with Gasteiger partial charge >= 0.3 is 5.97 Å². The second-order valence-electron chi connectivity index (χ2n) is 4.83. The minimum absolute atomic E-state index is 0.0727. The zero-order valence-corrected chi connectivity index (χ0v) is 11.2. The molecular weight excluding hydrogens is 256 g/mol. The van der Waals surface area contributed by atoms with Crippen molar-refractivity contribution in [3.05, 3.63) is 41.5 Å². The topological polar surface area (TPSA) is 69.6 Å². The Morgan fingerprint density at radius 1 is 1.35 bits per heavy atom. The monoisotopic (exact) mass is 274 g/mol. The van der Waals surface area contributed by atoms with Crippen molar-refractivity contribution in [2.75, 3.05) is 19.6 Å². The second-order valence-corrected chi connectivity index (χ2v) is 4.83. The number of nitrogens with zero attached hydrogens (tertiary/aromatic N) is 1. The third kappa shape index (κ3) is 4.51. The quantitative estimate of drug-likeness (QED) is 0.807. The van der Waals surface area contributed by atoms with Crippen molar-refractivity contribution in [1.29, 1.82) is 0 Å². The van der Waals surface area contributed by atoms with Crippen molar-refractivity contribution in [2.24, 2.45) is 0 Å². The van der Waals surface area contributed by atoms with E-state index in [1.165, 1.54) is 0 Å². The summed E-state index contributed by atoms with van der Waals surface area (Å²) in [7, 11) is 0. The van der Waals surface area contributed by atoms with E-state index in [9.17, 15) is 9.59 Å². The number of benzene rings is 1. The highest BCUT2D eigenvalue weighted by molar-refractivity contribution is 5.85. The van der Waals surface area contributed by atoms with E-state index in [1.807, 2.05) is 24.3 Å². The SMILES string of the molecule is O=C(O)C=Cc1ccc(CN2CCCNC(=O)C2)cc1. The van der Waals surface area contributed by atoms with E-state index in [0.717, 1.165) is 43.3 Å². The molecular formula is C15H18N2O3. The van der Waals surface area contributed by atoms with Gasteiger partial charge in [-0.2, -0.15) is 0 Å². The van der Waals surface area contributed by atoms with E-state index in [0.29, 0.717) is 6.54 Å². The van der Waals surface area contributed by atoms with E-state index in [1.54, 1.807) is 6.08 Å². The van der Waals surface area contributed by atoms with Crippen LogP contribution in [0.2, 0.25) is 0 Å². The molecule has 0 radical (unpaired) electrons. The largest absolute Gasteiger partial charge is 0.478 e. The molecule has 5 nitrogen and oxygen atoms in total. The number of nitrogens with one attached hydrogen (secondary N) is 1. The summed E-state index contributed by atoms with van der Waals surface area (Å²) < 4.78 is 0. The molecule has 1 heterocycles. The standard InChI is InChI=1S/C15H18N2O3/c18-14-11-17(9-1-8-16-14)10-13-4-2-12(3-5-13)6-7-15(19)20/h2-7H,1,8-11H2,(H,16,18)(H,19,20). The van der Waals surface area contributed by atoms with Gasteiger partial charge in [-0.1, -0.05) is 24.3 Å². The molecule has 106 valence electrons. The second kappa shape index (κ2) is 6.86. The highest BCUT2D eigenvalue weighted by atomic mass is 16.4. The summed E-state index contributed by atoms with van der Waals surface area (Å²) in [4.78, 5) is 24.0. The molecule has 1 aliphatic heterocycles. The first-order valence-electron chi connectivity index (χ1n) is 6.62. The summed E-state index contributed by atoms with van der Waals surface area (Å²) in [5, 5.41) is 11.4. The number of carboxylic acid groups (broad SMARTS) is 1. The normalized spacial score (nSPS) is 16.9. The van der Waals surface area contributed by atoms with Crippen LogP contribution in [-0.4, -0.2) is 41.5 Å². The highest BCUT2D eigenvalue weighted by Crippen LogP contribution is 2.10. The van der Waals surface area contributed by atoms with Gasteiger partial charge in [0.25, 0.3) is 0 Å². The van der Waals surface area contributed by atoms with Gasteiger partial charge in [0, 0.05) is 25.7 Å². The Morgan fingerprint density at radius 2 is 2.10 bits per heavy atom. The number of amides is 1. The number of carbonyl (C=O) groups is 2. The first kappa shape index (κ1) is 14.3. The minimum atomic E-state index is -0.954. The van der Waals surface area contributed by atoms with Crippen LogP contribution in [0.3, 0.4) is 0 Å². The zero-order chi connectivity index (χ0) is 14.4. The molecule has 0 aromatic heterocycles. The molecule has 1 saturated heterocycles. The Kier molecular flexibility index (Phi) is 4.90. The molecule has 2 N–H and O–H groups in total. The lowest BCUT2D eigenvalue weighted by Crippen LogP contribution is -2.32. The van der Waals surface area contributed by atoms with Crippen molar-refractivity contribution in [1.82, 2.24) is 10.2 Å². The molecule has 0 aliphatic carbocycles. The lowest BCUT2D eigenvalue weighted by molar-refractivity contribution is -0.131. The van der Waals surface area contributed by atoms with Gasteiger partial charge in [0.1, 0.15) is 0 Å². The van der Waals surface area contributed by atoms with Crippen LogP contribution in [0.25, 0.3) is 6.08 Å². The van der Waals surface area contributed by atoms with Crippen LogP contribution < -0.4 is 5.32 Å². The average Bonchev–Trinajstić information content (AvgIpc) is 2.62. The van der Waals surface area contributed by atoms with Crippen LogP contribution in [0.4, 0.5) is 0 Å². The van der Waals surface area contributed by atoms with Crippen molar-refractivity contribution < 1.29 is 14.7 Å². The van der Waals surface area contributed by atoms with Gasteiger partial charge in [-0.05, 0) is 23.6 Å². The number of aliphatic carboxylic acids is 1. The first-order chi connectivity index (χ1) is 9.63.